The zero-order chi connectivity index (χ0) is 29.0. The average molecular weight is 557 g/mol. The van der Waals surface area contributed by atoms with Crippen LogP contribution in [0.3, 0.4) is 0 Å². The Morgan fingerprint density at radius 3 is 2.31 bits per heavy atom. The number of nitrogens with zero attached hydrogens (tertiary/aromatic N) is 1. The zero-order valence-electron chi connectivity index (χ0n) is 23.1. The van der Waals surface area contributed by atoms with Crippen molar-refractivity contribution < 1.29 is 23.9 Å². The monoisotopic (exact) mass is 556 g/mol. The summed E-state index contributed by atoms with van der Waals surface area (Å²) in [5.74, 6) is -0.759. The molecule has 0 radical (unpaired) electrons. The van der Waals surface area contributed by atoms with Crippen molar-refractivity contribution >= 4 is 34.9 Å². The van der Waals surface area contributed by atoms with Gasteiger partial charge in [0.1, 0.15) is 23.0 Å². The second-order valence-electron chi connectivity index (χ2n) is 10.8. The molecular weight excluding hydrogens is 528 g/mol. The molecule has 0 bridgehead atoms. The van der Waals surface area contributed by atoms with Crippen molar-refractivity contribution in [2.45, 2.75) is 17.5 Å². The van der Waals surface area contributed by atoms with Gasteiger partial charge in [-0.3, -0.25) is 14.4 Å². The fourth-order valence-electron chi connectivity index (χ4n) is 7.00. The van der Waals surface area contributed by atoms with Gasteiger partial charge in [0, 0.05) is 22.5 Å². The highest BCUT2D eigenvalue weighted by Crippen LogP contribution is 2.58. The number of ether oxygens (including phenoxy) is 2. The SMILES string of the molecule is COc1ccc(C(=O)[C@@H]2[C@H](C(=O)c3cccc(OC)c3)[C@]3(C(=O)Nc4ccccc43)[C@@H]3C=Cc4ccccc4N23)cc1. The molecule has 3 heterocycles. The third kappa shape index (κ3) is 3.56. The number of rotatable bonds is 6. The molecule has 7 rings (SSSR count). The number of nitrogens with one attached hydrogen (secondary N) is 1. The predicted octanol–water partition coefficient (Wildman–Crippen LogP) is 5.56. The summed E-state index contributed by atoms with van der Waals surface area (Å²) in [4.78, 5) is 46.0. The molecule has 4 aromatic rings. The van der Waals surface area contributed by atoms with Crippen LogP contribution in [0.4, 0.5) is 11.4 Å². The van der Waals surface area contributed by atoms with Crippen LogP contribution in [0, 0.1) is 5.92 Å². The smallest absolute Gasteiger partial charge is 0.238 e. The molecule has 1 saturated heterocycles. The Morgan fingerprint density at radius 2 is 1.52 bits per heavy atom. The molecule has 1 N–H and O–H groups in total. The zero-order valence-corrected chi connectivity index (χ0v) is 23.1. The molecule has 0 aromatic heterocycles. The number of amides is 1. The van der Waals surface area contributed by atoms with Crippen LogP contribution in [-0.4, -0.2) is 43.8 Å². The summed E-state index contributed by atoms with van der Waals surface area (Å²) in [5.41, 5.74) is 2.51. The number of ketones is 2. The van der Waals surface area contributed by atoms with Gasteiger partial charge >= 0.3 is 0 Å². The first kappa shape index (κ1) is 25.8. The molecule has 1 fully saturated rings. The largest absolute Gasteiger partial charge is 0.497 e. The first-order valence-electron chi connectivity index (χ1n) is 13.8. The van der Waals surface area contributed by atoms with Gasteiger partial charge in [-0.05, 0) is 59.7 Å². The van der Waals surface area contributed by atoms with Gasteiger partial charge in [0.25, 0.3) is 0 Å². The van der Waals surface area contributed by atoms with Crippen molar-refractivity contribution in [2.24, 2.45) is 5.92 Å². The molecule has 0 saturated carbocycles. The Kier molecular flexibility index (Phi) is 5.97. The minimum atomic E-state index is -1.37. The number of fused-ring (bicyclic) bond motifs is 6. The molecule has 0 aliphatic carbocycles. The van der Waals surface area contributed by atoms with Gasteiger partial charge in [-0.25, -0.2) is 0 Å². The first-order valence-corrected chi connectivity index (χ1v) is 13.8. The van der Waals surface area contributed by atoms with E-state index in [1.54, 1.807) is 62.8 Å². The molecule has 4 aromatic carbocycles. The van der Waals surface area contributed by atoms with Crippen LogP contribution in [0.2, 0.25) is 0 Å². The molecule has 208 valence electrons. The Morgan fingerprint density at radius 1 is 0.786 bits per heavy atom. The third-order valence-corrected chi connectivity index (χ3v) is 8.82. The van der Waals surface area contributed by atoms with Gasteiger partial charge in [0.15, 0.2) is 11.6 Å². The number of Topliss-reactive ketones (excluding diaryl/α,β-unsaturated/α-hetero) is 2. The molecule has 7 heteroatoms. The summed E-state index contributed by atoms with van der Waals surface area (Å²) in [6.07, 6.45) is 3.96. The first-order chi connectivity index (χ1) is 20.5. The van der Waals surface area contributed by atoms with Gasteiger partial charge in [-0.2, -0.15) is 0 Å². The summed E-state index contributed by atoms with van der Waals surface area (Å²) >= 11 is 0. The maximum atomic E-state index is 14.9. The van der Waals surface area contributed by atoms with Crippen molar-refractivity contribution in [1.29, 1.82) is 0 Å². The highest BCUT2D eigenvalue weighted by atomic mass is 16.5. The van der Waals surface area contributed by atoms with E-state index in [-0.39, 0.29) is 17.5 Å². The molecule has 42 heavy (non-hydrogen) atoms. The number of carbonyl (C=O) groups is 3. The van der Waals surface area contributed by atoms with E-state index in [1.165, 1.54) is 0 Å². The Bertz CT molecular complexity index is 1780. The summed E-state index contributed by atoms with van der Waals surface area (Å²) < 4.78 is 10.8. The Hall–Kier alpha value is -5.17. The minimum absolute atomic E-state index is 0.247. The molecule has 7 nitrogen and oxygen atoms in total. The van der Waals surface area contributed by atoms with E-state index in [2.05, 4.69) is 5.32 Å². The van der Waals surface area contributed by atoms with Crippen molar-refractivity contribution in [3.63, 3.8) is 0 Å². The maximum Gasteiger partial charge on any atom is 0.238 e. The Balaban J connectivity index is 1.52. The van der Waals surface area contributed by atoms with E-state index in [0.29, 0.717) is 33.9 Å². The number of hydrogen-bond donors (Lipinski definition) is 1. The van der Waals surface area contributed by atoms with E-state index in [1.807, 2.05) is 65.6 Å². The van der Waals surface area contributed by atoms with Crippen LogP contribution >= 0.6 is 0 Å². The lowest BCUT2D eigenvalue weighted by Crippen LogP contribution is -2.51. The number of hydrogen-bond acceptors (Lipinski definition) is 6. The molecule has 0 unspecified atom stereocenters. The lowest BCUT2D eigenvalue weighted by atomic mass is 9.64. The van der Waals surface area contributed by atoms with Crippen molar-refractivity contribution in [1.82, 2.24) is 0 Å². The molecule has 4 atom stereocenters. The van der Waals surface area contributed by atoms with E-state index < -0.39 is 23.4 Å². The number of anilines is 2. The highest BCUT2D eigenvalue weighted by Gasteiger charge is 2.70. The fraction of sp³-hybridized carbons (Fsp3) is 0.171. The molecule has 1 spiro atoms. The van der Waals surface area contributed by atoms with E-state index >= 15 is 0 Å². The van der Waals surface area contributed by atoms with E-state index in [4.69, 9.17) is 9.47 Å². The normalized spacial score (nSPS) is 23.1. The lowest BCUT2D eigenvalue weighted by Gasteiger charge is -2.37. The van der Waals surface area contributed by atoms with Gasteiger partial charge < -0.3 is 19.7 Å². The minimum Gasteiger partial charge on any atom is -0.497 e. The summed E-state index contributed by atoms with van der Waals surface area (Å²) in [6, 6.07) is 27.5. The second-order valence-corrected chi connectivity index (χ2v) is 10.8. The van der Waals surface area contributed by atoms with E-state index in [0.717, 1.165) is 11.3 Å². The van der Waals surface area contributed by atoms with Crippen LogP contribution in [0.25, 0.3) is 6.08 Å². The maximum absolute atomic E-state index is 14.9. The quantitative estimate of drug-likeness (QED) is 0.313. The molecule has 3 aliphatic heterocycles. The van der Waals surface area contributed by atoms with Crippen molar-refractivity contribution in [3.8, 4) is 11.5 Å². The highest BCUT2D eigenvalue weighted by molar-refractivity contribution is 6.18. The van der Waals surface area contributed by atoms with Gasteiger partial charge in [-0.1, -0.05) is 60.7 Å². The van der Waals surface area contributed by atoms with Crippen LogP contribution in [0.5, 0.6) is 11.5 Å². The average Bonchev–Trinajstić information content (AvgIpc) is 3.52. The van der Waals surface area contributed by atoms with Crippen LogP contribution in [-0.2, 0) is 10.2 Å². The van der Waals surface area contributed by atoms with Gasteiger partial charge in [-0.15, -0.1) is 0 Å². The predicted molar refractivity (Wildman–Crippen MR) is 160 cm³/mol. The second kappa shape index (κ2) is 9.73. The summed E-state index contributed by atoms with van der Waals surface area (Å²) in [5, 5.41) is 3.06. The Labute approximate surface area is 243 Å². The van der Waals surface area contributed by atoms with Gasteiger partial charge in [0.05, 0.1) is 26.2 Å². The summed E-state index contributed by atoms with van der Waals surface area (Å²) in [6.45, 7) is 0. The standard InChI is InChI=1S/C35H28N2O5/c1-41-24-17-14-22(15-18-24)33(39)31-30(32(38)23-9-7-10-25(20-23)42-2)35(26-11-4-5-12-27(26)36-34(35)40)29-19-16-21-8-3-6-13-28(21)37(29)31/h3-20,29-31H,1-2H3,(H,36,40)/t29-,30+,31-,35+/m0/s1. The van der Waals surface area contributed by atoms with Gasteiger partial charge in [0.2, 0.25) is 5.91 Å². The fourth-order valence-corrected chi connectivity index (χ4v) is 7.00. The van der Waals surface area contributed by atoms with Crippen LogP contribution < -0.4 is 19.7 Å². The third-order valence-electron chi connectivity index (χ3n) is 8.82. The lowest BCUT2D eigenvalue weighted by molar-refractivity contribution is -0.121. The van der Waals surface area contributed by atoms with E-state index in [9.17, 15) is 14.4 Å². The molecular formula is C35H28N2O5. The number of methoxy groups -OCH3 is 2. The molecule has 3 aliphatic rings. The topological polar surface area (TPSA) is 84.9 Å². The van der Waals surface area contributed by atoms with Crippen molar-refractivity contribution in [3.05, 3.63) is 125 Å². The van der Waals surface area contributed by atoms with Crippen LogP contribution in [0.1, 0.15) is 31.8 Å². The number of benzene rings is 4. The van der Waals surface area contributed by atoms with Crippen molar-refractivity contribution in [2.75, 3.05) is 24.4 Å². The number of carbonyl (C=O) groups excluding carboxylic acids is 3. The van der Waals surface area contributed by atoms with Crippen LogP contribution in [0.15, 0.2) is 103 Å². The number of para-hydroxylation sites is 2. The molecule has 1 amide bonds. The summed E-state index contributed by atoms with van der Waals surface area (Å²) in [7, 11) is 3.11.